The third-order valence-corrected chi connectivity index (χ3v) is 5.60. The van der Waals surface area contributed by atoms with Gasteiger partial charge < -0.3 is 20.1 Å². The molecule has 0 saturated carbocycles. The lowest BCUT2D eigenvalue weighted by Gasteiger charge is -2.31. The van der Waals surface area contributed by atoms with E-state index in [4.69, 9.17) is 4.74 Å². The number of aromatic carboxylic acids is 1. The van der Waals surface area contributed by atoms with Gasteiger partial charge in [0.05, 0.1) is 11.6 Å². The van der Waals surface area contributed by atoms with E-state index in [0.717, 1.165) is 13.1 Å². The van der Waals surface area contributed by atoms with Crippen LogP contribution in [0.3, 0.4) is 0 Å². The van der Waals surface area contributed by atoms with E-state index < -0.39 is 17.3 Å². The Balaban J connectivity index is 1.76. The molecule has 7 nitrogen and oxygen atoms in total. The normalized spacial score (nSPS) is 21.0. The number of benzene rings is 1. The molecule has 1 aromatic carbocycles. The lowest BCUT2D eigenvalue weighted by molar-refractivity contribution is 0.0694. The van der Waals surface area contributed by atoms with Crippen molar-refractivity contribution >= 4 is 22.6 Å². The van der Waals surface area contributed by atoms with E-state index in [1.54, 1.807) is 6.92 Å². The summed E-state index contributed by atoms with van der Waals surface area (Å²) < 4.78 is 22.4. The summed E-state index contributed by atoms with van der Waals surface area (Å²) >= 11 is 0. The highest BCUT2D eigenvalue weighted by Crippen LogP contribution is 2.43. The molecule has 3 aliphatic rings. The molecule has 1 aromatic heterocycles. The maximum absolute atomic E-state index is 15.1. The Morgan fingerprint density at radius 3 is 2.67 bits per heavy atom. The van der Waals surface area contributed by atoms with Crippen molar-refractivity contribution in [1.82, 2.24) is 9.88 Å². The van der Waals surface area contributed by atoms with Crippen molar-refractivity contribution in [3.05, 3.63) is 45.0 Å². The van der Waals surface area contributed by atoms with Gasteiger partial charge in [0.15, 0.2) is 11.6 Å². The molecule has 1 atom stereocenters. The van der Waals surface area contributed by atoms with Crippen LogP contribution in [-0.4, -0.2) is 48.4 Å². The van der Waals surface area contributed by atoms with Gasteiger partial charge in [-0.3, -0.25) is 9.36 Å². The topological polar surface area (TPSA) is 83.8 Å². The molecule has 0 radical (unpaired) electrons. The highest BCUT2D eigenvalue weighted by molar-refractivity contribution is 5.97. The number of anilines is 1. The zero-order valence-electron chi connectivity index (χ0n) is 14.7. The molecule has 140 valence electrons. The van der Waals surface area contributed by atoms with Gasteiger partial charge in [-0.2, -0.15) is 0 Å². The Hall–Kier alpha value is -2.87. The number of nitrogens with zero attached hydrogens (tertiary/aromatic N) is 2. The van der Waals surface area contributed by atoms with Gasteiger partial charge in [-0.15, -0.1) is 0 Å². The van der Waals surface area contributed by atoms with Crippen molar-refractivity contribution in [2.45, 2.75) is 13.0 Å². The van der Waals surface area contributed by atoms with Crippen molar-refractivity contribution in [2.75, 3.05) is 37.7 Å². The Morgan fingerprint density at radius 2 is 2.00 bits per heavy atom. The average Bonchev–Trinajstić information content (AvgIpc) is 3.20. The highest BCUT2D eigenvalue weighted by atomic mass is 19.1. The van der Waals surface area contributed by atoms with Crippen LogP contribution in [0, 0.1) is 5.82 Å². The maximum atomic E-state index is 15.1. The molecule has 27 heavy (non-hydrogen) atoms. The summed E-state index contributed by atoms with van der Waals surface area (Å²) in [6.45, 7) is 4.82. The molecular formula is C19H18FN3O4. The molecule has 0 amide bonds. The predicted molar refractivity (Wildman–Crippen MR) is 97.4 cm³/mol. The van der Waals surface area contributed by atoms with Crippen molar-refractivity contribution in [1.29, 1.82) is 0 Å². The van der Waals surface area contributed by atoms with Crippen LogP contribution in [0.15, 0.2) is 28.1 Å². The molecule has 0 bridgehead atoms. The fraction of sp³-hybridized carbons (Fsp3) is 0.368. The van der Waals surface area contributed by atoms with Crippen LogP contribution in [0.2, 0.25) is 0 Å². The summed E-state index contributed by atoms with van der Waals surface area (Å²) in [4.78, 5) is 26.1. The minimum atomic E-state index is -1.32. The van der Waals surface area contributed by atoms with Crippen molar-refractivity contribution in [3.8, 4) is 5.75 Å². The summed E-state index contributed by atoms with van der Waals surface area (Å²) in [5.41, 5.74) is 2.40. The second-order valence-electron chi connectivity index (χ2n) is 7.34. The quantitative estimate of drug-likeness (QED) is 0.779. The molecule has 8 heteroatoms. The third kappa shape index (κ3) is 2.22. The molecule has 2 N–H and O–H groups in total. The van der Waals surface area contributed by atoms with Crippen molar-refractivity contribution in [3.63, 3.8) is 0 Å². The van der Waals surface area contributed by atoms with Crippen LogP contribution in [0.4, 0.5) is 10.1 Å². The van der Waals surface area contributed by atoms with E-state index in [9.17, 15) is 14.7 Å². The number of rotatable bonds is 2. The number of hydrogen-bond acceptors (Lipinski definition) is 5. The van der Waals surface area contributed by atoms with E-state index in [2.05, 4.69) is 5.32 Å². The van der Waals surface area contributed by atoms with E-state index in [1.165, 1.54) is 27.8 Å². The molecule has 5 rings (SSSR count). The van der Waals surface area contributed by atoms with Gasteiger partial charge in [-0.05, 0) is 30.2 Å². The minimum absolute atomic E-state index is 0.185. The first-order valence-electron chi connectivity index (χ1n) is 8.89. The van der Waals surface area contributed by atoms with Crippen LogP contribution < -0.4 is 20.5 Å². The summed E-state index contributed by atoms with van der Waals surface area (Å²) in [6.07, 6.45) is 0. The summed E-state index contributed by atoms with van der Waals surface area (Å²) in [5, 5.41) is 13.0. The zero-order valence-corrected chi connectivity index (χ0v) is 14.7. The number of ether oxygens (including phenoxy) is 1. The van der Waals surface area contributed by atoms with Crippen LogP contribution in [0.5, 0.6) is 5.75 Å². The van der Waals surface area contributed by atoms with E-state index in [-0.39, 0.29) is 18.2 Å². The summed E-state index contributed by atoms with van der Waals surface area (Å²) in [7, 11) is 0. The van der Waals surface area contributed by atoms with Gasteiger partial charge in [-0.25, -0.2) is 9.18 Å². The zero-order chi connectivity index (χ0) is 18.9. The van der Waals surface area contributed by atoms with Crippen molar-refractivity contribution in [2.24, 2.45) is 0 Å². The SMILES string of the molecule is C[C@H]1COc2c(N3CC4=C(CNC4)C3)c(F)cc3cc(C(=O)O)c(=O)n1c23. The number of hydrogen-bond donors (Lipinski definition) is 2. The number of carbonyl (C=O) groups is 1. The first kappa shape index (κ1) is 16.3. The molecular weight excluding hydrogens is 353 g/mol. The molecule has 0 fully saturated rings. The average molecular weight is 371 g/mol. The smallest absolute Gasteiger partial charge is 0.341 e. The molecule has 3 aliphatic heterocycles. The number of pyridine rings is 1. The fourth-order valence-electron chi connectivity index (χ4n) is 4.34. The van der Waals surface area contributed by atoms with Crippen molar-refractivity contribution < 1.29 is 19.0 Å². The second kappa shape index (κ2) is 5.56. The molecule has 4 heterocycles. The van der Waals surface area contributed by atoms with Crippen LogP contribution >= 0.6 is 0 Å². The largest absolute Gasteiger partial charge is 0.487 e. The van der Waals surface area contributed by atoms with Gasteiger partial charge >= 0.3 is 5.97 Å². The number of nitrogens with one attached hydrogen (secondary N) is 1. The second-order valence-corrected chi connectivity index (χ2v) is 7.34. The molecule has 0 saturated heterocycles. The Morgan fingerprint density at radius 1 is 1.30 bits per heavy atom. The predicted octanol–water partition coefficient (Wildman–Crippen LogP) is 1.51. The number of halogens is 1. The number of carboxylic acids is 1. The fourth-order valence-corrected chi connectivity index (χ4v) is 4.34. The standard InChI is InChI=1S/C19H18FN3O4/c1-9-8-27-17-15-10(2-13(19(25)26)18(24)23(9)15)3-14(20)16(17)22-6-11-4-21-5-12(11)7-22/h2-3,9,21H,4-8H2,1H3,(H,25,26)/t9-/m0/s1. The Bertz CT molecular complexity index is 1090. The first-order chi connectivity index (χ1) is 13.0. The van der Waals surface area contributed by atoms with E-state index in [0.29, 0.717) is 35.4 Å². The van der Waals surface area contributed by atoms with E-state index >= 15 is 4.39 Å². The third-order valence-electron chi connectivity index (χ3n) is 5.60. The Kier molecular flexibility index (Phi) is 3.36. The Labute approximate surface area is 153 Å². The van der Waals surface area contributed by atoms with Gasteiger partial charge in [0.25, 0.3) is 5.56 Å². The van der Waals surface area contributed by atoms with Crippen LogP contribution in [0.1, 0.15) is 23.3 Å². The van der Waals surface area contributed by atoms with E-state index in [1.807, 2.05) is 4.90 Å². The molecule has 0 aliphatic carbocycles. The molecule has 0 unspecified atom stereocenters. The number of aromatic nitrogens is 1. The minimum Gasteiger partial charge on any atom is -0.487 e. The van der Waals surface area contributed by atoms with Gasteiger partial charge in [-0.1, -0.05) is 0 Å². The van der Waals surface area contributed by atoms with Gasteiger partial charge in [0.1, 0.15) is 17.9 Å². The summed E-state index contributed by atoms with van der Waals surface area (Å²) in [5.74, 6) is -1.46. The lowest BCUT2D eigenvalue weighted by Crippen LogP contribution is -2.35. The molecule has 2 aromatic rings. The van der Waals surface area contributed by atoms with Gasteiger partial charge in [0, 0.05) is 31.6 Å². The van der Waals surface area contributed by atoms with Crippen LogP contribution in [0.25, 0.3) is 10.9 Å². The monoisotopic (exact) mass is 371 g/mol. The highest BCUT2D eigenvalue weighted by Gasteiger charge is 2.33. The maximum Gasteiger partial charge on any atom is 0.341 e. The summed E-state index contributed by atoms with van der Waals surface area (Å²) in [6, 6.07) is 2.20. The molecule has 0 spiro atoms. The van der Waals surface area contributed by atoms with Gasteiger partial charge in [0.2, 0.25) is 0 Å². The van der Waals surface area contributed by atoms with Crippen LogP contribution in [-0.2, 0) is 0 Å². The number of carboxylic acid groups (broad SMARTS) is 1. The first-order valence-corrected chi connectivity index (χ1v) is 8.89. The lowest BCUT2D eigenvalue weighted by atomic mass is 10.1.